The van der Waals surface area contributed by atoms with Crippen LogP contribution in [0.4, 0.5) is 21.9 Å². The highest BCUT2D eigenvalue weighted by atomic mass is 16.5. The van der Waals surface area contributed by atoms with Crippen molar-refractivity contribution in [2.24, 2.45) is 0 Å². The second kappa shape index (κ2) is 10.6. The molecule has 3 N–H and O–H groups in total. The van der Waals surface area contributed by atoms with E-state index in [-0.39, 0.29) is 18.4 Å². The number of nitrogens with one attached hydrogen (secondary N) is 3. The van der Waals surface area contributed by atoms with Crippen LogP contribution in [0.15, 0.2) is 67.0 Å². The topological polar surface area (TPSA) is 119 Å². The highest BCUT2D eigenvalue weighted by Crippen LogP contribution is 2.29. The Labute approximate surface area is 184 Å². The summed E-state index contributed by atoms with van der Waals surface area (Å²) in [4.78, 5) is 40.5. The summed E-state index contributed by atoms with van der Waals surface area (Å²) in [5.74, 6) is -0.344. The molecule has 0 spiro atoms. The van der Waals surface area contributed by atoms with E-state index in [1.54, 1.807) is 61.7 Å². The van der Waals surface area contributed by atoms with Gasteiger partial charge in [0.15, 0.2) is 0 Å². The maximum atomic E-state index is 12.7. The predicted molar refractivity (Wildman–Crippen MR) is 120 cm³/mol. The molecule has 0 atom stereocenters. The fourth-order valence-corrected chi connectivity index (χ4v) is 2.79. The zero-order chi connectivity index (χ0) is 22.9. The monoisotopic (exact) mass is 434 g/mol. The average molecular weight is 434 g/mol. The molecule has 9 heteroatoms. The van der Waals surface area contributed by atoms with Crippen LogP contribution >= 0.6 is 0 Å². The van der Waals surface area contributed by atoms with Crippen molar-refractivity contribution < 1.29 is 23.9 Å². The number of hydrogen-bond donors (Lipinski definition) is 3. The van der Waals surface area contributed by atoms with Gasteiger partial charge >= 0.3 is 6.09 Å². The van der Waals surface area contributed by atoms with E-state index in [2.05, 4.69) is 20.9 Å². The lowest BCUT2D eigenvalue weighted by molar-refractivity contribution is 0.101. The summed E-state index contributed by atoms with van der Waals surface area (Å²) < 4.78 is 10.2. The molecule has 32 heavy (non-hydrogen) atoms. The highest BCUT2D eigenvalue weighted by Gasteiger charge is 2.13. The zero-order valence-corrected chi connectivity index (χ0v) is 17.5. The molecule has 3 aromatic rings. The molecule has 0 aliphatic heterocycles. The van der Waals surface area contributed by atoms with Gasteiger partial charge in [-0.15, -0.1) is 0 Å². The lowest BCUT2D eigenvalue weighted by Crippen LogP contribution is -2.16. The number of methoxy groups -OCH3 is 1. The Balaban J connectivity index is 1.70. The quantitative estimate of drug-likeness (QED) is 0.514. The van der Waals surface area contributed by atoms with Crippen molar-refractivity contribution in [3.05, 3.63) is 78.1 Å². The first-order valence-corrected chi connectivity index (χ1v) is 9.74. The molecular formula is C23H22N4O5. The number of hydrogen-bond acceptors (Lipinski definition) is 6. The number of nitrogens with zero attached hydrogens (tertiary/aromatic N) is 1. The minimum Gasteiger partial charge on any atom is -0.494 e. The lowest BCUT2D eigenvalue weighted by Gasteiger charge is -2.13. The van der Waals surface area contributed by atoms with Crippen LogP contribution in [0.1, 0.15) is 27.6 Å². The summed E-state index contributed by atoms with van der Waals surface area (Å²) in [7, 11) is 1.46. The molecule has 3 amide bonds. The molecule has 0 radical (unpaired) electrons. The van der Waals surface area contributed by atoms with Crippen molar-refractivity contribution in [2.45, 2.75) is 6.92 Å². The fraction of sp³-hybridized carbons (Fsp3) is 0.130. The summed E-state index contributed by atoms with van der Waals surface area (Å²) in [5.41, 5.74) is 2.09. The van der Waals surface area contributed by atoms with Crippen LogP contribution in [-0.2, 0) is 4.74 Å². The molecule has 3 rings (SSSR count). The molecule has 164 valence electrons. The van der Waals surface area contributed by atoms with Gasteiger partial charge < -0.3 is 20.1 Å². The van der Waals surface area contributed by atoms with E-state index in [0.717, 1.165) is 0 Å². The SMILES string of the molecule is CCOC(=O)Nc1cccc(C(=O)Nc2ccc(NC(=O)c3cccnc3)c(OC)c2)c1. The second-order valence-corrected chi connectivity index (χ2v) is 6.49. The maximum absolute atomic E-state index is 12.7. The van der Waals surface area contributed by atoms with E-state index in [1.165, 1.54) is 19.4 Å². The number of rotatable bonds is 7. The predicted octanol–water partition coefficient (Wildman–Crippen LogP) is 4.16. The number of amides is 3. The molecule has 9 nitrogen and oxygen atoms in total. The molecule has 1 heterocycles. The molecule has 2 aromatic carbocycles. The second-order valence-electron chi connectivity index (χ2n) is 6.49. The van der Waals surface area contributed by atoms with E-state index < -0.39 is 6.09 Å². The minimum atomic E-state index is -0.598. The number of pyridine rings is 1. The normalized spacial score (nSPS) is 10.1. The number of anilines is 3. The van der Waals surface area contributed by atoms with Gasteiger partial charge in [0.25, 0.3) is 11.8 Å². The Morgan fingerprint density at radius 2 is 1.62 bits per heavy atom. The van der Waals surface area contributed by atoms with E-state index in [9.17, 15) is 14.4 Å². The number of carbonyl (C=O) groups is 3. The van der Waals surface area contributed by atoms with Crippen molar-refractivity contribution in [3.8, 4) is 5.75 Å². The Kier molecular flexibility index (Phi) is 7.37. The van der Waals surface area contributed by atoms with Crippen molar-refractivity contribution in [2.75, 3.05) is 29.7 Å². The average Bonchev–Trinajstić information content (AvgIpc) is 2.80. The lowest BCUT2D eigenvalue weighted by atomic mass is 10.1. The summed E-state index contributed by atoms with van der Waals surface area (Å²) in [6, 6.07) is 14.6. The number of carbonyl (C=O) groups excluding carboxylic acids is 3. The molecule has 0 bridgehead atoms. The Hall–Kier alpha value is -4.40. The number of benzene rings is 2. The van der Waals surface area contributed by atoms with Crippen molar-refractivity contribution in [3.63, 3.8) is 0 Å². The molecule has 0 aliphatic carbocycles. The van der Waals surface area contributed by atoms with Gasteiger partial charge in [0, 0.05) is 35.4 Å². The standard InChI is InChI=1S/C23H22N4O5/c1-3-32-23(30)26-17-8-4-6-15(12-17)21(28)25-18-9-10-19(20(13-18)31-2)27-22(29)16-7-5-11-24-14-16/h4-14H,3H2,1-2H3,(H,25,28)(H,26,30)(H,27,29). The zero-order valence-electron chi connectivity index (χ0n) is 17.5. The fourth-order valence-electron chi connectivity index (χ4n) is 2.79. The molecule has 0 unspecified atom stereocenters. The van der Waals surface area contributed by atoms with Gasteiger partial charge in [-0.2, -0.15) is 0 Å². The third-order valence-corrected chi connectivity index (χ3v) is 4.28. The van der Waals surface area contributed by atoms with Crippen molar-refractivity contribution >= 4 is 35.0 Å². The van der Waals surface area contributed by atoms with Crippen LogP contribution in [0.2, 0.25) is 0 Å². The Morgan fingerprint density at radius 3 is 2.34 bits per heavy atom. The summed E-state index contributed by atoms with van der Waals surface area (Å²) in [6.07, 6.45) is 2.44. The van der Waals surface area contributed by atoms with E-state index >= 15 is 0 Å². The van der Waals surface area contributed by atoms with E-state index in [1.807, 2.05) is 0 Å². The van der Waals surface area contributed by atoms with Gasteiger partial charge in [-0.1, -0.05) is 6.07 Å². The number of aromatic nitrogens is 1. The molecule has 0 saturated heterocycles. The smallest absolute Gasteiger partial charge is 0.411 e. The summed E-state index contributed by atoms with van der Waals surface area (Å²) >= 11 is 0. The molecule has 0 saturated carbocycles. The van der Waals surface area contributed by atoms with Gasteiger partial charge in [0.1, 0.15) is 5.75 Å². The van der Waals surface area contributed by atoms with E-state index in [0.29, 0.717) is 33.9 Å². The third-order valence-electron chi connectivity index (χ3n) is 4.28. The van der Waals surface area contributed by atoms with Crippen LogP contribution < -0.4 is 20.7 Å². The van der Waals surface area contributed by atoms with Gasteiger partial charge in [-0.3, -0.25) is 19.9 Å². The highest BCUT2D eigenvalue weighted by molar-refractivity contribution is 6.07. The first-order valence-electron chi connectivity index (χ1n) is 9.74. The van der Waals surface area contributed by atoms with Crippen LogP contribution in [0.25, 0.3) is 0 Å². The van der Waals surface area contributed by atoms with Crippen LogP contribution in [0, 0.1) is 0 Å². The number of ether oxygens (including phenoxy) is 2. The Morgan fingerprint density at radius 1 is 0.875 bits per heavy atom. The van der Waals surface area contributed by atoms with Gasteiger partial charge in [0.2, 0.25) is 0 Å². The van der Waals surface area contributed by atoms with Crippen LogP contribution in [0.5, 0.6) is 5.75 Å². The largest absolute Gasteiger partial charge is 0.494 e. The van der Waals surface area contributed by atoms with Crippen LogP contribution in [-0.4, -0.2) is 36.6 Å². The van der Waals surface area contributed by atoms with Crippen LogP contribution in [0.3, 0.4) is 0 Å². The molecule has 0 fully saturated rings. The van der Waals surface area contributed by atoms with Crippen molar-refractivity contribution in [1.29, 1.82) is 0 Å². The summed E-state index contributed by atoms with van der Waals surface area (Å²) in [6.45, 7) is 1.94. The van der Waals surface area contributed by atoms with Gasteiger partial charge in [-0.25, -0.2) is 4.79 Å². The molecule has 1 aromatic heterocycles. The van der Waals surface area contributed by atoms with E-state index in [4.69, 9.17) is 9.47 Å². The molecule has 0 aliphatic rings. The Bertz CT molecular complexity index is 1120. The molecular weight excluding hydrogens is 412 g/mol. The van der Waals surface area contributed by atoms with Gasteiger partial charge in [0.05, 0.1) is 25.0 Å². The van der Waals surface area contributed by atoms with Gasteiger partial charge in [-0.05, 0) is 49.4 Å². The minimum absolute atomic E-state index is 0.243. The first-order chi connectivity index (χ1) is 15.5. The van der Waals surface area contributed by atoms with Crippen molar-refractivity contribution in [1.82, 2.24) is 4.98 Å². The first kappa shape index (κ1) is 22.3. The summed E-state index contributed by atoms with van der Waals surface area (Å²) in [5, 5.41) is 8.08. The maximum Gasteiger partial charge on any atom is 0.411 e. The third kappa shape index (κ3) is 5.82.